The molecule has 0 spiro atoms. The van der Waals surface area contributed by atoms with Gasteiger partial charge < -0.3 is 27.0 Å². The van der Waals surface area contributed by atoms with Crippen LogP contribution >= 0.6 is 11.8 Å². The van der Waals surface area contributed by atoms with E-state index in [2.05, 4.69) is 5.32 Å². The number of hydrogen-bond donors (Lipinski definition) is 5. The summed E-state index contributed by atoms with van der Waals surface area (Å²) in [5.74, 6) is -0.652. The summed E-state index contributed by atoms with van der Waals surface area (Å²) in [6, 6.07) is -1.52. The maximum absolute atomic E-state index is 11.7. The number of hydrogen-bond acceptors (Lipinski definition) is 6. The first kappa shape index (κ1) is 22.0. The van der Waals surface area contributed by atoms with Crippen LogP contribution in [0, 0.1) is 0 Å². The van der Waals surface area contributed by atoms with E-state index in [1.54, 1.807) is 11.8 Å². The van der Waals surface area contributed by atoms with Crippen LogP contribution in [0.3, 0.4) is 0 Å². The van der Waals surface area contributed by atoms with Gasteiger partial charge in [0, 0.05) is 0 Å². The average molecular weight is 323 g/mol. The second-order valence-electron chi connectivity index (χ2n) is 4.18. The predicted octanol–water partition coefficient (Wildman–Crippen LogP) is -0.534. The third-order valence-electron chi connectivity index (χ3n) is 2.53. The van der Waals surface area contributed by atoms with Crippen LogP contribution in [-0.2, 0) is 14.4 Å². The highest BCUT2D eigenvalue weighted by atomic mass is 32.2. The minimum atomic E-state index is -1.03. The summed E-state index contributed by atoms with van der Waals surface area (Å²) in [5.41, 5.74) is 11.0. The van der Waals surface area contributed by atoms with Crippen LogP contribution in [0.4, 0.5) is 0 Å². The number of carboxylic acid groups (broad SMARTS) is 2. The van der Waals surface area contributed by atoms with Crippen LogP contribution in [0.25, 0.3) is 0 Å². The molecule has 0 saturated carbocycles. The quantitative estimate of drug-likeness (QED) is 0.265. The highest BCUT2D eigenvalue weighted by Crippen LogP contribution is 2.03. The van der Waals surface area contributed by atoms with Crippen LogP contribution < -0.4 is 16.8 Å². The highest BCUT2D eigenvalue weighted by Gasteiger charge is 2.22. The second kappa shape index (κ2) is 15.1. The van der Waals surface area contributed by atoms with Gasteiger partial charge in [0.2, 0.25) is 5.91 Å². The second-order valence-corrected chi connectivity index (χ2v) is 5.16. The van der Waals surface area contributed by atoms with E-state index >= 15 is 0 Å². The maximum Gasteiger partial charge on any atom is 0.326 e. The molecule has 0 aliphatic heterocycles. The molecule has 0 fully saturated rings. The number of thioether (sulfide) groups is 1. The van der Waals surface area contributed by atoms with Crippen LogP contribution in [0.15, 0.2) is 0 Å². The van der Waals surface area contributed by atoms with Gasteiger partial charge in [0.05, 0.1) is 6.04 Å². The van der Waals surface area contributed by atoms with E-state index in [9.17, 15) is 9.59 Å². The van der Waals surface area contributed by atoms with Gasteiger partial charge >= 0.3 is 5.97 Å². The van der Waals surface area contributed by atoms with Crippen molar-refractivity contribution in [3.63, 3.8) is 0 Å². The Balaban J connectivity index is 0. The number of carbonyl (C=O) groups excluding carboxylic acids is 1. The van der Waals surface area contributed by atoms with Crippen LogP contribution in [0.2, 0.25) is 0 Å². The zero-order valence-electron chi connectivity index (χ0n) is 12.2. The van der Waals surface area contributed by atoms with Crippen molar-refractivity contribution < 1.29 is 24.6 Å². The van der Waals surface area contributed by atoms with Crippen molar-refractivity contribution >= 4 is 30.1 Å². The van der Waals surface area contributed by atoms with Gasteiger partial charge in [0.25, 0.3) is 6.47 Å². The molecule has 0 rings (SSSR count). The molecule has 7 N–H and O–H groups in total. The van der Waals surface area contributed by atoms with Gasteiger partial charge in [-0.25, -0.2) is 4.79 Å². The molecule has 21 heavy (non-hydrogen) atoms. The number of carbonyl (C=O) groups is 3. The highest BCUT2D eigenvalue weighted by molar-refractivity contribution is 7.98. The number of aliphatic carboxylic acids is 1. The van der Waals surface area contributed by atoms with Gasteiger partial charge in [0.1, 0.15) is 6.04 Å². The largest absolute Gasteiger partial charge is 0.483 e. The average Bonchev–Trinajstić information content (AvgIpc) is 2.44. The number of unbranched alkanes of at least 4 members (excludes halogenated alkanes) is 1. The molecule has 2 unspecified atom stereocenters. The molecule has 124 valence electrons. The van der Waals surface area contributed by atoms with E-state index in [1.807, 2.05) is 6.26 Å². The Kier molecular flexibility index (Phi) is 15.8. The smallest absolute Gasteiger partial charge is 0.326 e. The van der Waals surface area contributed by atoms with Gasteiger partial charge in [-0.15, -0.1) is 0 Å². The van der Waals surface area contributed by atoms with E-state index in [0.29, 0.717) is 25.8 Å². The number of rotatable bonds is 10. The van der Waals surface area contributed by atoms with E-state index in [1.165, 1.54) is 0 Å². The Morgan fingerprint density at radius 2 is 1.90 bits per heavy atom. The van der Waals surface area contributed by atoms with Crippen LogP contribution in [-0.4, -0.2) is 59.2 Å². The molecule has 0 aromatic rings. The van der Waals surface area contributed by atoms with E-state index < -0.39 is 24.0 Å². The summed E-state index contributed by atoms with van der Waals surface area (Å²) in [5, 5.41) is 18.3. The van der Waals surface area contributed by atoms with Gasteiger partial charge in [-0.05, 0) is 44.2 Å². The number of carboxylic acids is 1. The molecule has 8 nitrogen and oxygen atoms in total. The van der Waals surface area contributed by atoms with Crippen molar-refractivity contribution in [2.45, 2.75) is 37.8 Å². The molecule has 0 radical (unpaired) electrons. The Bertz CT molecular complexity index is 305. The van der Waals surface area contributed by atoms with E-state index in [-0.39, 0.29) is 6.47 Å². The lowest BCUT2D eigenvalue weighted by molar-refractivity contribution is -0.142. The third kappa shape index (κ3) is 13.4. The molecular formula is C12H25N3O5S. The lowest BCUT2D eigenvalue weighted by Gasteiger charge is -2.17. The number of amides is 1. The van der Waals surface area contributed by atoms with Gasteiger partial charge in [0.15, 0.2) is 0 Å². The Morgan fingerprint density at radius 1 is 1.33 bits per heavy atom. The monoisotopic (exact) mass is 323 g/mol. The number of nitrogens with two attached hydrogens (primary N) is 2. The van der Waals surface area contributed by atoms with Crippen LogP contribution in [0.1, 0.15) is 25.7 Å². The summed E-state index contributed by atoms with van der Waals surface area (Å²) < 4.78 is 0. The zero-order chi connectivity index (χ0) is 16.7. The first-order chi connectivity index (χ1) is 9.94. The Labute approximate surface area is 128 Å². The molecule has 0 aromatic heterocycles. The molecule has 1 amide bonds. The summed E-state index contributed by atoms with van der Waals surface area (Å²) >= 11 is 1.60. The molecule has 2 atom stereocenters. The van der Waals surface area contributed by atoms with Crippen molar-refractivity contribution in [1.82, 2.24) is 5.32 Å². The summed E-state index contributed by atoms with van der Waals surface area (Å²) in [6.07, 6.45) is 4.28. The third-order valence-corrected chi connectivity index (χ3v) is 3.18. The van der Waals surface area contributed by atoms with Crippen molar-refractivity contribution in [3.05, 3.63) is 0 Å². The topological polar surface area (TPSA) is 156 Å². The minimum absolute atomic E-state index is 0.250. The molecule has 0 saturated heterocycles. The Morgan fingerprint density at radius 3 is 2.33 bits per heavy atom. The normalized spacial score (nSPS) is 12.5. The minimum Gasteiger partial charge on any atom is -0.483 e. The van der Waals surface area contributed by atoms with E-state index in [4.69, 9.17) is 26.5 Å². The lowest BCUT2D eigenvalue weighted by atomic mass is 10.1. The van der Waals surface area contributed by atoms with Crippen molar-refractivity contribution in [2.24, 2.45) is 11.5 Å². The van der Waals surface area contributed by atoms with E-state index in [0.717, 1.165) is 12.2 Å². The first-order valence-electron chi connectivity index (χ1n) is 6.50. The number of nitrogens with one attached hydrogen (secondary N) is 1. The fraction of sp³-hybridized carbons (Fsp3) is 0.750. The van der Waals surface area contributed by atoms with Gasteiger partial charge in [-0.2, -0.15) is 11.8 Å². The molecule has 0 aliphatic rings. The molecule has 9 heteroatoms. The molecular weight excluding hydrogens is 298 g/mol. The Hall–Kier alpha value is -1.32. The van der Waals surface area contributed by atoms with Crippen molar-refractivity contribution in [3.8, 4) is 0 Å². The van der Waals surface area contributed by atoms with Crippen molar-refractivity contribution in [2.75, 3.05) is 18.6 Å². The maximum atomic E-state index is 11.7. The lowest BCUT2D eigenvalue weighted by Crippen LogP contribution is -2.48. The van der Waals surface area contributed by atoms with Crippen LogP contribution in [0.5, 0.6) is 0 Å². The molecule has 0 heterocycles. The fourth-order valence-electron chi connectivity index (χ4n) is 1.40. The summed E-state index contributed by atoms with van der Waals surface area (Å²) in [7, 11) is 0. The predicted molar refractivity (Wildman–Crippen MR) is 82.1 cm³/mol. The molecule has 0 bridgehead atoms. The van der Waals surface area contributed by atoms with Gasteiger partial charge in [-0.1, -0.05) is 0 Å². The first-order valence-corrected chi connectivity index (χ1v) is 7.89. The SMILES string of the molecule is CSCCC(N)C(=O)NC(CCCCN)C(=O)O.O=CO. The fourth-order valence-corrected chi connectivity index (χ4v) is 1.89. The van der Waals surface area contributed by atoms with Gasteiger partial charge in [-0.3, -0.25) is 9.59 Å². The summed E-state index contributed by atoms with van der Waals surface area (Å²) in [6.45, 7) is 0.271. The molecule has 0 aliphatic carbocycles. The van der Waals surface area contributed by atoms with Crippen molar-refractivity contribution in [1.29, 1.82) is 0 Å². The summed E-state index contributed by atoms with van der Waals surface area (Å²) in [4.78, 5) is 31.0. The molecule has 0 aromatic carbocycles. The standard InChI is InChI=1S/C11H23N3O3S.CH2O2/c1-18-7-5-8(13)10(15)14-9(11(16)17)4-2-3-6-12;2-1-3/h8-9H,2-7,12-13H2,1H3,(H,14,15)(H,16,17);1H,(H,2,3). The zero-order valence-corrected chi connectivity index (χ0v) is 13.0.